The molecule has 2 aromatic rings. The highest BCUT2D eigenvalue weighted by Gasteiger charge is 2.00. The molecule has 0 bridgehead atoms. The van der Waals surface area contributed by atoms with Crippen molar-refractivity contribution in [2.24, 2.45) is 0 Å². The minimum atomic E-state index is -0.426. The van der Waals surface area contributed by atoms with Crippen LogP contribution >= 0.6 is 0 Å². The minimum Gasteiger partial charge on any atom is -0.494 e. The molecule has 108 valence electrons. The molecule has 2 rings (SSSR count). The molecule has 0 amide bonds. The summed E-state index contributed by atoms with van der Waals surface area (Å²) < 4.78 is 5.87. The summed E-state index contributed by atoms with van der Waals surface area (Å²) in [4.78, 5) is 0. The first-order valence-corrected chi connectivity index (χ1v) is 13.4. The molecule has 0 N–H and O–H groups in total. The normalized spacial score (nSPS) is 11.8. The Balaban J connectivity index is 2.00. The van der Waals surface area contributed by atoms with Crippen LogP contribution in [0, 0.1) is 0 Å². The van der Waals surface area contributed by atoms with Crippen molar-refractivity contribution in [2.45, 2.75) is 38.2 Å². The van der Waals surface area contributed by atoms with Gasteiger partial charge in [-0.15, -0.1) is 0 Å². The average molecular weight is 303 g/mol. The number of ether oxygens (including phenoxy) is 1. The van der Waals surface area contributed by atoms with Gasteiger partial charge in [-0.1, -0.05) is 55.5 Å². The van der Waals surface area contributed by atoms with E-state index in [9.17, 15) is 0 Å². The molecule has 0 atom stereocenters. The van der Waals surface area contributed by atoms with E-state index in [0.717, 1.165) is 12.4 Å². The molecule has 0 radical (unpaired) electrons. The molecule has 0 saturated carbocycles. The zero-order valence-corrected chi connectivity index (χ0v) is 15.6. The molecule has 20 heavy (non-hydrogen) atoms. The van der Waals surface area contributed by atoms with Gasteiger partial charge in [0.15, 0.2) is 0 Å². The van der Waals surface area contributed by atoms with Gasteiger partial charge in [0, 0.05) is 18.3 Å². The van der Waals surface area contributed by atoms with Crippen molar-refractivity contribution in [1.82, 2.24) is 0 Å². The number of benzene rings is 2. The molecule has 1 nitrogen and oxygen atoms in total. The van der Waals surface area contributed by atoms with Crippen molar-refractivity contribution in [3.8, 4) is 5.75 Å². The number of rotatable bonds is 7. The highest BCUT2D eigenvalue weighted by molar-refractivity contribution is 6.55. The molecular weight excluding hydrogens is 276 g/mol. The first-order chi connectivity index (χ1) is 9.69. The van der Waals surface area contributed by atoms with E-state index in [2.05, 4.69) is 56.0 Å². The van der Waals surface area contributed by atoms with Crippen molar-refractivity contribution < 1.29 is 4.74 Å². The van der Waals surface area contributed by atoms with Gasteiger partial charge in [0.1, 0.15) is 5.75 Å². The van der Waals surface area contributed by atoms with Crippen LogP contribution in [0.15, 0.2) is 36.4 Å². The second-order valence-electron chi connectivity index (χ2n) is 5.98. The SMILES string of the molecule is C[SiH2]Cc1ccc2cc(OCCC[SiH](C)C)ccc2c1. The molecule has 0 aliphatic rings. The fourth-order valence-electron chi connectivity index (χ4n) is 2.49. The number of hydrogen-bond donors (Lipinski definition) is 0. The quantitative estimate of drug-likeness (QED) is 0.558. The summed E-state index contributed by atoms with van der Waals surface area (Å²) in [6, 6.07) is 16.0. The molecule has 2 aromatic carbocycles. The molecule has 0 aliphatic carbocycles. The van der Waals surface area contributed by atoms with E-state index in [1.807, 2.05) is 0 Å². The van der Waals surface area contributed by atoms with E-state index in [0.29, 0.717) is 0 Å². The Morgan fingerprint density at radius 1 is 1.05 bits per heavy atom. The second kappa shape index (κ2) is 7.65. The molecule has 3 heteroatoms. The van der Waals surface area contributed by atoms with Crippen molar-refractivity contribution in [3.63, 3.8) is 0 Å². The fraction of sp³-hybridized carbons (Fsp3) is 0.412. The lowest BCUT2D eigenvalue weighted by Crippen LogP contribution is -2.04. The van der Waals surface area contributed by atoms with Crippen molar-refractivity contribution in [2.75, 3.05) is 6.61 Å². The van der Waals surface area contributed by atoms with Crippen LogP contribution in [-0.2, 0) is 6.04 Å². The Morgan fingerprint density at radius 2 is 1.80 bits per heavy atom. The maximum atomic E-state index is 5.87. The Hall–Kier alpha value is -1.07. The molecule has 0 spiro atoms. The minimum absolute atomic E-state index is 0.0993. The van der Waals surface area contributed by atoms with Gasteiger partial charge in [-0.05, 0) is 35.4 Å². The van der Waals surface area contributed by atoms with Crippen LogP contribution in [0.25, 0.3) is 10.8 Å². The van der Waals surface area contributed by atoms with Crippen molar-refractivity contribution in [3.05, 3.63) is 42.0 Å². The third-order valence-corrected chi connectivity index (χ3v) is 6.25. The van der Waals surface area contributed by atoms with Gasteiger partial charge in [-0.2, -0.15) is 0 Å². The molecule has 0 unspecified atom stereocenters. The average Bonchev–Trinajstić information content (AvgIpc) is 2.44. The zero-order chi connectivity index (χ0) is 14.4. The smallest absolute Gasteiger partial charge is 0.119 e. The monoisotopic (exact) mass is 302 g/mol. The Labute approximate surface area is 126 Å². The van der Waals surface area contributed by atoms with Crippen LogP contribution in [0.3, 0.4) is 0 Å². The highest BCUT2D eigenvalue weighted by Crippen LogP contribution is 2.22. The van der Waals surface area contributed by atoms with Crippen LogP contribution in [-0.4, -0.2) is 24.9 Å². The molecule has 0 aliphatic heterocycles. The van der Waals surface area contributed by atoms with E-state index >= 15 is 0 Å². The van der Waals surface area contributed by atoms with Crippen LogP contribution < -0.4 is 4.74 Å². The maximum Gasteiger partial charge on any atom is 0.119 e. The fourth-order valence-corrected chi connectivity index (χ4v) is 4.36. The lowest BCUT2D eigenvalue weighted by Gasteiger charge is -2.09. The summed E-state index contributed by atoms with van der Waals surface area (Å²) in [5, 5.41) is 2.63. The topological polar surface area (TPSA) is 9.23 Å². The molecule has 0 fully saturated rings. The summed E-state index contributed by atoms with van der Waals surface area (Å²) in [7, 11) is -0.327. The van der Waals surface area contributed by atoms with Crippen LogP contribution in [0.4, 0.5) is 0 Å². The third-order valence-electron chi connectivity index (χ3n) is 3.61. The first-order valence-electron chi connectivity index (χ1n) is 7.84. The molecular formula is C17H26OSi2. The van der Waals surface area contributed by atoms with E-state index in [4.69, 9.17) is 4.74 Å². The maximum absolute atomic E-state index is 5.87. The van der Waals surface area contributed by atoms with Crippen molar-refractivity contribution >= 4 is 29.1 Å². The van der Waals surface area contributed by atoms with Gasteiger partial charge in [0.2, 0.25) is 0 Å². The summed E-state index contributed by atoms with van der Waals surface area (Å²) in [5.41, 5.74) is 1.49. The van der Waals surface area contributed by atoms with Gasteiger partial charge in [0.05, 0.1) is 6.61 Å². The molecule has 0 heterocycles. The predicted octanol–water partition coefficient (Wildman–Crippen LogP) is 3.81. The third kappa shape index (κ3) is 4.49. The van der Waals surface area contributed by atoms with Gasteiger partial charge in [0.25, 0.3) is 0 Å². The molecule has 0 saturated heterocycles. The van der Waals surface area contributed by atoms with Gasteiger partial charge < -0.3 is 4.74 Å². The predicted molar refractivity (Wildman–Crippen MR) is 95.9 cm³/mol. The zero-order valence-electron chi connectivity index (χ0n) is 13.0. The van der Waals surface area contributed by atoms with Crippen molar-refractivity contribution in [1.29, 1.82) is 0 Å². The largest absolute Gasteiger partial charge is 0.494 e. The van der Waals surface area contributed by atoms with Gasteiger partial charge >= 0.3 is 0 Å². The van der Waals surface area contributed by atoms with Crippen LogP contribution in [0.5, 0.6) is 5.75 Å². The second-order valence-corrected chi connectivity index (χ2v) is 10.8. The van der Waals surface area contributed by atoms with E-state index in [1.54, 1.807) is 0 Å². The summed E-state index contributed by atoms with van der Waals surface area (Å²) in [6.07, 6.45) is 1.20. The molecule has 0 aromatic heterocycles. The number of fused-ring (bicyclic) bond motifs is 1. The standard InChI is InChI=1S/C17H26OSi2/c1-19-13-14-5-6-16-12-17(8-7-15(16)11-14)18-9-4-10-20(2)3/h5-8,11-12,20H,4,9-10,13,19H2,1-3H3. The summed E-state index contributed by atoms with van der Waals surface area (Å²) >= 11 is 0. The number of hydrogen-bond acceptors (Lipinski definition) is 1. The summed E-state index contributed by atoms with van der Waals surface area (Å²) in [5.74, 6) is 1.01. The van der Waals surface area contributed by atoms with E-state index in [1.165, 1.54) is 34.8 Å². The Morgan fingerprint density at radius 3 is 2.55 bits per heavy atom. The van der Waals surface area contributed by atoms with Gasteiger partial charge in [-0.25, -0.2) is 0 Å². The van der Waals surface area contributed by atoms with E-state index < -0.39 is 8.80 Å². The Kier molecular flexibility index (Phi) is 5.86. The summed E-state index contributed by atoms with van der Waals surface area (Å²) in [6.45, 7) is 8.01. The van der Waals surface area contributed by atoms with E-state index in [-0.39, 0.29) is 9.52 Å². The highest BCUT2D eigenvalue weighted by atomic mass is 28.3. The van der Waals surface area contributed by atoms with Crippen LogP contribution in [0.2, 0.25) is 25.7 Å². The van der Waals surface area contributed by atoms with Crippen LogP contribution in [0.1, 0.15) is 12.0 Å². The lowest BCUT2D eigenvalue weighted by molar-refractivity contribution is 0.317. The first kappa shape index (κ1) is 15.3. The van der Waals surface area contributed by atoms with Gasteiger partial charge in [-0.3, -0.25) is 0 Å². The lowest BCUT2D eigenvalue weighted by atomic mass is 10.1. The Bertz CT molecular complexity index is 552.